The van der Waals surface area contributed by atoms with E-state index in [1.165, 1.54) is 38.5 Å². The summed E-state index contributed by atoms with van der Waals surface area (Å²) >= 11 is 0. The molecule has 1 unspecified atom stereocenters. The number of rotatable bonds is 9. The van der Waals surface area contributed by atoms with Crippen LogP contribution in [0.5, 0.6) is 0 Å². The van der Waals surface area contributed by atoms with Crippen molar-refractivity contribution in [1.29, 1.82) is 0 Å². The molecule has 1 N–H and O–H groups in total. The highest BCUT2D eigenvalue weighted by Crippen LogP contribution is 2.06. The predicted octanol–water partition coefficient (Wildman–Crippen LogP) is 4.22. The maximum Gasteiger partial charge on any atom is 0.0791 e. The van der Waals surface area contributed by atoms with E-state index < -0.39 is 0 Å². The predicted molar refractivity (Wildman–Crippen MR) is 66.9 cm³/mol. The molecular weight excluding hydrogens is 184 g/mol. The van der Waals surface area contributed by atoms with Crippen LogP contribution in [0.3, 0.4) is 0 Å². The minimum absolute atomic E-state index is 0.314. The molecule has 0 heterocycles. The van der Waals surface area contributed by atoms with Gasteiger partial charge in [0.25, 0.3) is 0 Å². The van der Waals surface area contributed by atoms with Gasteiger partial charge in [-0.05, 0) is 31.4 Å². The molecule has 0 saturated carbocycles. The van der Waals surface area contributed by atoms with Crippen LogP contribution in [0, 0.1) is 0 Å². The van der Waals surface area contributed by atoms with E-state index in [2.05, 4.69) is 12.7 Å². The Bertz CT molecular complexity index is 178. The zero-order valence-corrected chi connectivity index (χ0v) is 10.3. The lowest BCUT2D eigenvalue weighted by Gasteiger charge is -1.97. The Balaban J connectivity index is 3.26. The molecule has 0 bridgehead atoms. The highest BCUT2D eigenvalue weighted by molar-refractivity contribution is 4.89. The van der Waals surface area contributed by atoms with Crippen molar-refractivity contribution in [2.45, 2.75) is 71.3 Å². The lowest BCUT2D eigenvalue weighted by atomic mass is 10.1. The summed E-state index contributed by atoms with van der Waals surface area (Å²) in [6.45, 7) is 4.21. The Labute approximate surface area is 94.9 Å². The molecule has 0 fully saturated rings. The molecule has 15 heavy (non-hydrogen) atoms. The second-order valence-corrected chi connectivity index (χ2v) is 4.07. The number of hydrogen-bond donors (Lipinski definition) is 1. The molecule has 0 aliphatic carbocycles. The van der Waals surface area contributed by atoms with Crippen LogP contribution in [0.25, 0.3) is 0 Å². The van der Waals surface area contributed by atoms with Crippen LogP contribution in [-0.2, 0) is 0 Å². The molecule has 0 amide bonds. The van der Waals surface area contributed by atoms with Crippen molar-refractivity contribution in [3.8, 4) is 0 Å². The summed E-state index contributed by atoms with van der Waals surface area (Å²) in [7, 11) is 0. The van der Waals surface area contributed by atoms with Gasteiger partial charge in [0.1, 0.15) is 0 Å². The quantitative estimate of drug-likeness (QED) is 0.446. The standard InChI is InChI=1S/C14H26O/c1-3-5-6-7-8-9-10-11-12-13-14(15)4-2/h11,13-15H,3-10H2,1-2H3. The minimum Gasteiger partial charge on any atom is -0.388 e. The summed E-state index contributed by atoms with van der Waals surface area (Å²) in [5.41, 5.74) is 3.04. The number of unbranched alkanes of at least 4 members (excludes halogenated alkanes) is 6. The van der Waals surface area contributed by atoms with Crippen LogP contribution in [0.1, 0.15) is 65.2 Å². The van der Waals surface area contributed by atoms with Crippen LogP contribution >= 0.6 is 0 Å². The normalized spacial score (nSPS) is 11.9. The lowest BCUT2D eigenvalue weighted by molar-refractivity contribution is 0.219. The van der Waals surface area contributed by atoms with Gasteiger partial charge in [-0.25, -0.2) is 0 Å². The zero-order chi connectivity index (χ0) is 11.4. The second kappa shape index (κ2) is 11.6. The molecule has 0 aliphatic heterocycles. The van der Waals surface area contributed by atoms with Gasteiger partial charge in [-0.2, -0.15) is 0 Å². The van der Waals surface area contributed by atoms with E-state index in [9.17, 15) is 5.11 Å². The Morgan fingerprint density at radius 1 is 1.07 bits per heavy atom. The Kier molecular flexibility index (Phi) is 11.2. The maximum atomic E-state index is 9.22. The van der Waals surface area contributed by atoms with Crippen molar-refractivity contribution < 1.29 is 5.11 Å². The third-order valence-corrected chi connectivity index (χ3v) is 2.53. The van der Waals surface area contributed by atoms with Crippen LogP contribution < -0.4 is 0 Å². The van der Waals surface area contributed by atoms with Crippen LogP contribution in [0.4, 0.5) is 0 Å². The van der Waals surface area contributed by atoms with Crippen molar-refractivity contribution >= 4 is 0 Å². The van der Waals surface area contributed by atoms with Crippen molar-refractivity contribution in [2.24, 2.45) is 0 Å². The molecule has 0 aromatic heterocycles. The zero-order valence-electron chi connectivity index (χ0n) is 10.3. The van der Waals surface area contributed by atoms with Gasteiger partial charge in [0, 0.05) is 0 Å². The van der Waals surface area contributed by atoms with E-state index >= 15 is 0 Å². The SMILES string of the molecule is CCCCCCCCC=C=CC(O)CC. The number of aliphatic hydroxyl groups is 1. The average molecular weight is 210 g/mol. The molecule has 0 aliphatic rings. The summed E-state index contributed by atoms with van der Waals surface area (Å²) < 4.78 is 0. The van der Waals surface area contributed by atoms with Gasteiger partial charge in [0.05, 0.1) is 6.10 Å². The number of aliphatic hydroxyl groups excluding tert-OH is 1. The smallest absolute Gasteiger partial charge is 0.0791 e. The first-order valence-electron chi connectivity index (χ1n) is 6.40. The highest BCUT2D eigenvalue weighted by atomic mass is 16.3. The lowest BCUT2D eigenvalue weighted by Crippen LogP contribution is -1.96. The molecule has 1 atom stereocenters. The van der Waals surface area contributed by atoms with Crippen LogP contribution in [0.2, 0.25) is 0 Å². The molecule has 1 nitrogen and oxygen atoms in total. The summed E-state index contributed by atoms with van der Waals surface area (Å²) in [4.78, 5) is 0. The van der Waals surface area contributed by atoms with Crippen molar-refractivity contribution in [3.05, 3.63) is 17.9 Å². The van der Waals surface area contributed by atoms with Gasteiger partial charge in [-0.1, -0.05) is 46.0 Å². The van der Waals surface area contributed by atoms with Crippen LogP contribution in [-0.4, -0.2) is 11.2 Å². The van der Waals surface area contributed by atoms with Crippen molar-refractivity contribution in [1.82, 2.24) is 0 Å². The summed E-state index contributed by atoms with van der Waals surface area (Å²) in [5.74, 6) is 0. The van der Waals surface area contributed by atoms with E-state index in [0.29, 0.717) is 0 Å². The summed E-state index contributed by atoms with van der Waals surface area (Å²) in [6, 6.07) is 0. The third-order valence-electron chi connectivity index (χ3n) is 2.53. The molecule has 0 saturated heterocycles. The molecule has 0 aromatic rings. The van der Waals surface area contributed by atoms with E-state index in [-0.39, 0.29) is 6.10 Å². The molecule has 0 radical (unpaired) electrons. The number of hydrogen-bond acceptors (Lipinski definition) is 1. The van der Waals surface area contributed by atoms with Crippen LogP contribution in [0.15, 0.2) is 17.9 Å². The fourth-order valence-corrected chi connectivity index (χ4v) is 1.41. The van der Waals surface area contributed by atoms with E-state index in [0.717, 1.165) is 12.8 Å². The topological polar surface area (TPSA) is 20.2 Å². The first-order valence-corrected chi connectivity index (χ1v) is 6.40. The molecule has 0 rings (SSSR count). The molecule has 0 spiro atoms. The summed E-state index contributed by atoms with van der Waals surface area (Å²) in [5, 5.41) is 9.22. The molecular formula is C14H26O. The van der Waals surface area contributed by atoms with E-state index in [1.807, 2.05) is 13.0 Å². The van der Waals surface area contributed by atoms with Gasteiger partial charge in [0.15, 0.2) is 0 Å². The fourth-order valence-electron chi connectivity index (χ4n) is 1.41. The van der Waals surface area contributed by atoms with Gasteiger partial charge in [-0.3, -0.25) is 0 Å². The Morgan fingerprint density at radius 3 is 2.40 bits per heavy atom. The second-order valence-electron chi connectivity index (χ2n) is 4.07. The fraction of sp³-hybridized carbons (Fsp3) is 0.786. The van der Waals surface area contributed by atoms with E-state index in [4.69, 9.17) is 0 Å². The molecule has 88 valence electrons. The maximum absolute atomic E-state index is 9.22. The Morgan fingerprint density at radius 2 is 1.73 bits per heavy atom. The summed E-state index contributed by atoms with van der Waals surface area (Å²) in [6.07, 6.45) is 13.4. The largest absolute Gasteiger partial charge is 0.388 e. The van der Waals surface area contributed by atoms with Gasteiger partial charge >= 0.3 is 0 Å². The highest BCUT2D eigenvalue weighted by Gasteiger charge is 1.90. The van der Waals surface area contributed by atoms with Gasteiger partial charge in [0.2, 0.25) is 0 Å². The first-order chi connectivity index (χ1) is 7.31. The third kappa shape index (κ3) is 11.4. The minimum atomic E-state index is -0.314. The molecule has 1 heteroatoms. The average Bonchev–Trinajstić information content (AvgIpc) is 2.26. The van der Waals surface area contributed by atoms with Crippen molar-refractivity contribution in [2.75, 3.05) is 0 Å². The Hall–Kier alpha value is -0.520. The van der Waals surface area contributed by atoms with Gasteiger partial charge < -0.3 is 5.11 Å². The first kappa shape index (κ1) is 14.5. The van der Waals surface area contributed by atoms with E-state index in [1.54, 1.807) is 6.08 Å². The van der Waals surface area contributed by atoms with Gasteiger partial charge in [-0.15, -0.1) is 5.73 Å². The molecule has 0 aromatic carbocycles. The monoisotopic (exact) mass is 210 g/mol. The van der Waals surface area contributed by atoms with Crippen molar-refractivity contribution in [3.63, 3.8) is 0 Å².